The fourth-order valence-electron chi connectivity index (χ4n) is 2.63. The van der Waals surface area contributed by atoms with E-state index in [9.17, 15) is 18.0 Å². The van der Waals surface area contributed by atoms with Crippen LogP contribution in [0.25, 0.3) is 0 Å². The van der Waals surface area contributed by atoms with Crippen LogP contribution in [0.1, 0.15) is 42.3 Å². The average molecular weight is 401 g/mol. The average Bonchev–Trinajstić information content (AvgIpc) is 3.25. The smallest absolute Gasteiger partial charge is 0.422 e. The lowest BCUT2D eigenvalue weighted by atomic mass is 10.2. The number of carbonyl (C=O) groups is 1. The molecule has 1 aliphatic carbocycles. The second-order valence-electron chi connectivity index (χ2n) is 5.62. The number of thiophene rings is 1. The molecule has 2 heterocycles. The van der Waals surface area contributed by atoms with E-state index in [0.29, 0.717) is 5.56 Å². The highest BCUT2D eigenvalue weighted by Gasteiger charge is 2.28. The van der Waals surface area contributed by atoms with Crippen molar-refractivity contribution in [3.63, 3.8) is 0 Å². The molecule has 5 nitrogen and oxygen atoms in total. The molecule has 1 atom stereocenters. The zero-order chi connectivity index (χ0) is 19.9. The molecule has 0 aliphatic heterocycles. The lowest BCUT2D eigenvalue weighted by Crippen LogP contribution is -2.36. The van der Waals surface area contributed by atoms with Crippen molar-refractivity contribution >= 4 is 17.4 Å². The van der Waals surface area contributed by atoms with E-state index in [2.05, 4.69) is 20.4 Å². The number of urea groups is 1. The number of amides is 2. The second-order valence-corrected chi connectivity index (χ2v) is 6.62. The highest BCUT2D eigenvalue weighted by atomic mass is 32.1. The minimum atomic E-state index is -4.42. The highest BCUT2D eigenvalue weighted by Crippen LogP contribution is 2.34. The topological polar surface area (TPSA) is 63.2 Å². The Kier molecular flexibility index (Phi) is 7.46. The maximum absolute atomic E-state index is 12.2. The van der Waals surface area contributed by atoms with Gasteiger partial charge in [-0.25, -0.2) is 9.78 Å². The molecular formula is C18H22F3N3O2S. The number of aryl methyl sites for hydroxylation is 1. The van der Waals surface area contributed by atoms with Crippen molar-refractivity contribution in [2.45, 2.75) is 45.5 Å². The van der Waals surface area contributed by atoms with Crippen LogP contribution in [0, 0.1) is 0 Å². The largest absolute Gasteiger partial charge is 0.468 e. The van der Waals surface area contributed by atoms with Gasteiger partial charge >= 0.3 is 12.2 Å². The van der Waals surface area contributed by atoms with Crippen LogP contribution in [0.2, 0.25) is 0 Å². The quantitative estimate of drug-likeness (QED) is 0.770. The van der Waals surface area contributed by atoms with Gasteiger partial charge in [0.05, 0.1) is 6.04 Å². The summed E-state index contributed by atoms with van der Waals surface area (Å²) in [7, 11) is 0. The van der Waals surface area contributed by atoms with Gasteiger partial charge in [0, 0.05) is 23.7 Å². The van der Waals surface area contributed by atoms with E-state index in [4.69, 9.17) is 0 Å². The van der Waals surface area contributed by atoms with Gasteiger partial charge < -0.3 is 15.4 Å². The second kappa shape index (κ2) is 9.59. The molecule has 0 spiro atoms. The van der Waals surface area contributed by atoms with Crippen LogP contribution >= 0.6 is 11.3 Å². The summed E-state index contributed by atoms with van der Waals surface area (Å²) in [5, 5.41) is 7.62. The zero-order valence-corrected chi connectivity index (χ0v) is 15.9. The number of hydrogen-bond acceptors (Lipinski definition) is 4. The van der Waals surface area contributed by atoms with Crippen LogP contribution in [-0.4, -0.2) is 23.8 Å². The molecule has 0 radical (unpaired) electrons. The summed E-state index contributed by atoms with van der Waals surface area (Å²) >= 11 is 1.69. The van der Waals surface area contributed by atoms with E-state index in [1.807, 2.05) is 25.3 Å². The van der Waals surface area contributed by atoms with Crippen LogP contribution in [-0.2, 0) is 13.0 Å². The molecule has 0 aromatic carbocycles. The van der Waals surface area contributed by atoms with Gasteiger partial charge in [-0.05, 0) is 41.5 Å². The van der Waals surface area contributed by atoms with E-state index < -0.39 is 12.8 Å². The standard InChI is InChI=1S/C16H16F3N3O2S.C2H6/c17-16(18,19)9-24-14-7-10(3-5-20-14)8-21-15(23)22-12-1-2-13-11(12)4-6-25-13;1-2/h3-7,12H,1-2,8-9H2,(H2,21,22,23);1-2H3. The first-order valence-corrected chi connectivity index (χ1v) is 9.54. The summed E-state index contributed by atoms with van der Waals surface area (Å²) in [6.45, 7) is 2.77. The van der Waals surface area contributed by atoms with Crippen LogP contribution in [0.4, 0.5) is 18.0 Å². The number of halogens is 3. The molecule has 1 unspecified atom stereocenters. The van der Waals surface area contributed by atoms with Crippen LogP contribution in [0.15, 0.2) is 29.8 Å². The molecule has 27 heavy (non-hydrogen) atoms. The fourth-order valence-corrected chi connectivity index (χ4v) is 3.59. The Labute approximate surface area is 160 Å². The lowest BCUT2D eigenvalue weighted by Gasteiger charge is -2.14. The number of pyridine rings is 1. The molecule has 2 amide bonds. The Balaban J connectivity index is 0.00000126. The third-order valence-electron chi connectivity index (χ3n) is 3.76. The van der Waals surface area contributed by atoms with Gasteiger partial charge in [-0.2, -0.15) is 13.2 Å². The van der Waals surface area contributed by atoms with Crippen LogP contribution in [0.5, 0.6) is 5.88 Å². The molecule has 0 saturated carbocycles. The van der Waals surface area contributed by atoms with Crippen LogP contribution < -0.4 is 15.4 Å². The number of alkyl halides is 3. The minimum Gasteiger partial charge on any atom is -0.468 e. The van der Waals surface area contributed by atoms with E-state index in [0.717, 1.165) is 18.4 Å². The monoisotopic (exact) mass is 401 g/mol. The number of aromatic nitrogens is 1. The SMILES string of the molecule is CC.O=C(NCc1ccnc(OCC(F)(F)F)c1)NC1CCc2sccc21. The van der Waals surface area contributed by atoms with Gasteiger partial charge in [-0.15, -0.1) is 11.3 Å². The Morgan fingerprint density at radius 2 is 2.15 bits per heavy atom. The highest BCUT2D eigenvalue weighted by molar-refractivity contribution is 7.10. The predicted molar refractivity (Wildman–Crippen MR) is 97.9 cm³/mol. The molecule has 3 rings (SSSR count). The molecule has 0 saturated heterocycles. The van der Waals surface area contributed by atoms with Crippen molar-refractivity contribution < 1.29 is 22.7 Å². The van der Waals surface area contributed by atoms with Gasteiger partial charge in [0.1, 0.15) is 0 Å². The van der Waals surface area contributed by atoms with Gasteiger partial charge in [0.25, 0.3) is 0 Å². The van der Waals surface area contributed by atoms with Gasteiger partial charge in [0.2, 0.25) is 5.88 Å². The lowest BCUT2D eigenvalue weighted by molar-refractivity contribution is -0.154. The van der Waals surface area contributed by atoms with Crippen molar-refractivity contribution in [1.82, 2.24) is 15.6 Å². The van der Waals surface area contributed by atoms with Gasteiger partial charge in [-0.1, -0.05) is 13.8 Å². The maximum atomic E-state index is 12.2. The number of fused-ring (bicyclic) bond motifs is 1. The van der Waals surface area contributed by atoms with Crippen molar-refractivity contribution in [3.05, 3.63) is 45.8 Å². The first-order valence-electron chi connectivity index (χ1n) is 8.66. The normalized spacial score (nSPS) is 15.4. The fraction of sp³-hybridized carbons (Fsp3) is 0.444. The Hall–Kier alpha value is -2.29. The van der Waals surface area contributed by atoms with E-state index in [1.165, 1.54) is 17.1 Å². The summed E-state index contributed by atoms with van der Waals surface area (Å²) in [5.74, 6) is -0.129. The third-order valence-corrected chi connectivity index (χ3v) is 4.75. The number of nitrogens with one attached hydrogen (secondary N) is 2. The summed E-state index contributed by atoms with van der Waals surface area (Å²) in [4.78, 5) is 17.1. The van der Waals surface area contributed by atoms with Crippen molar-refractivity contribution in [3.8, 4) is 5.88 Å². The van der Waals surface area contributed by atoms with E-state index in [-0.39, 0.29) is 24.5 Å². The molecule has 1 aliphatic rings. The molecule has 148 valence electrons. The number of rotatable bonds is 5. The van der Waals surface area contributed by atoms with Crippen LogP contribution in [0.3, 0.4) is 0 Å². The summed E-state index contributed by atoms with van der Waals surface area (Å²) < 4.78 is 41.1. The maximum Gasteiger partial charge on any atom is 0.422 e. The Morgan fingerprint density at radius 3 is 2.89 bits per heavy atom. The van der Waals surface area contributed by atoms with Gasteiger partial charge in [-0.3, -0.25) is 0 Å². The summed E-state index contributed by atoms with van der Waals surface area (Å²) in [5.41, 5.74) is 1.76. The Morgan fingerprint density at radius 1 is 1.37 bits per heavy atom. The molecule has 2 aromatic heterocycles. The summed E-state index contributed by atoms with van der Waals surface area (Å²) in [6, 6.07) is 4.68. The molecule has 0 fully saturated rings. The number of ether oxygens (including phenoxy) is 1. The third kappa shape index (κ3) is 6.42. The van der Waals surface area contributed by atoms with E-state index in [1.54, 1.807) is 17.4 Å². The number of hydrogen-bond donors (Lipinski definition) is 2. The molecule has 2 N–H and O–H groups in total. The molecular weight excluding hydrogens is 379 g/mol. The predicted octanol–water partition coefficient (Wildman–Crippen LogP) is 4.60. The van der Waals surface area contributed by atoms with Crippen molar-refractivity contribution in [2.24, 2.45) is 0 Å². The molecule has 0 bridgehead atoms. The number of nitrogens with zero attached hydrogens (tertiary/aromatic N) is 1. The van der Waals surface area contributed by atoms with Crippen molar-refractivity contribution in [1.29, 1.82) is 0 Å². The van der Waals surface area contributed by atoms with E-state index >= 15 is 0 Å². The Bertz CT molecular complexity index is 749. The number of carbonyl (C=O) groups excluding carboxylic acids is 1. The molecule has 9 heteroatoms. The molecule has 2 aromatic rings. The van der Waals surface area contributed by atoms with Crippen molar-refractivity contribution in [2.75, 3.05) is 6.61 Å². The first kappa shape index (κ1) is 21.0. The zero-order valence-electron chi connectivity index (χ0n) is 15.1. The minimum absolute atomic E-state index is 0.00405. The van der Waals surface area contributed by atoms with Gasteiger partial charge in [0.15, 0.2) is 6.61 Å². The first-order chi connectivity index (χ1) is 12.9. The summed E-state index contributed by atoms with van der Waals surface area (Å²) in [6.07, 6.45) is -1.24.